The summed E-state index contributed by atoms with van der Waals surface area (Å²) >= 11 is 0. The first-order valence-electron chi connectivity index (χ1n) is 19.9. The van der Waals surface area contributed by atoms with Gasteiger partial charge in [0, 0.05) is 38.7 Å². The van der Waals surface area contributed by atoms with Crippen LogP contribution in [0.4, 0.5) is 34.1 Å². The first-order valence-corrected chi connectivity index (χ1v) is 19.9. The third-order valence-corrected chi connectivity index (χ3v) is 14.0. The lowest BCUT2D eigenvalue weighted by molar-refractivity contribution is 0.566. The molecule has 0 N–H and O–H groups in total. The predicted molar refractivity (Wildman–Crippen MR) is 228 cm³/mol. The van der Waals surface area contributed by atoms with E-state index in [4.69, 9.17) is 0 Å². The van der Waals surface area contributed by atoms with Crippen molar-refractivity contribution in [1.29, 1.82) is 0 Å². The average Bonchev–Trinajstić information content (AvgIpc) is 3.36. The lowest BCUT2D eigenvalue weighted by atomic mass is 9.61. The van der Waals surface area contributed by atoms with Gasteiger partial charge in [-0.2, -0.15) is 0 Å². The van der Waals surface area contributed by atoms with Crippen molar-refractivity contribution in [3.63, 3.8) is 0 Å². The SMILES string of the molecule is CC(C)(C)c1ccc(N(c2ccc3c(c2)C(C)(C)c2ccccc2-3)c2cc3c4c(c2)C(C)(C)c2cccc5c2N4c2c(cccc2C3(C)C)C5(C)C)cc1. The third-order valence-electron chi connectivity index (χ3n) is 14.0. The summed E-state index contributed by atoms with van der Waals surface area (Å²) in [5, 5.41) is 0. The summed E-state index contributed by atoms with van der Waals surface area (Å²) in [5.41, 5.74) is 22.4. The Morgan fingerprint density at radius 2 is 0.796 bits per heavy atom. The van der Waals surface area contributed by atoms with E-state index in [1.807, 2.05) is 0 Å². The zero-order valence-electron chi connectivity index (χ0n) is 33.9. The minimum Gasteiger partial charge on any atom is -0.310 e. The highest BCUT2D eigenvalue weighted by atomic mass is 15.2. The number of nitrogens with zero attached hydrogens (tertiary/aromatic N) is 2. The van der Waals surface area contributed by atoms with Crippen LogP contribution in [-0.2, 0) is 27.1 Å². The zero-order chi connectivity index (χ0) is 37.9. The molecule has 0 atom stereocenters. The Morgan fingerprint density at radius 1 is 0.389 bits per heavy atom. The Morgan fingerprint density at radius 3 is 1.33 bits per heavy atom. The molecular weight excluding hydrogens is 653 g/mol. The average molecular weight is 705 g/mol. The van der Waals surface area contributed by atoms with Gasteiger partial charge in [-0.1, -0.05) is 155 Å². The fraction of sp³-hybridized carbons (Fsp3) is 0.308. The molecule has 0 spiro atoms. The Kier molecular flexibility index (Phi) is 6.42. The van der Waals surface area contributed by atoms with Crippen molar-refractivity contribution in [2.75, 3.05) is 9.80 Å². The molecular formula is C52H52N2. The molecule has 3 heterocycles. The van der Waals surface area contributed by atoms with Crippen LogP contribution in [-0.4, -0.2) is 0 Å². The molecule has 3 aliphatic heterocycles. The Labute approximate surface area is 322 Å². The topological polar surface area (TPSA) is 6.48 Å². The predicted octanol–water partition coefficient (Wildman–Crippen LogP) is 14.1. The molecule has 54 heavy (non-hydrogen) atoms. The van der Waals surface area contributed by atoms with E-state index in [2.05, 4.69) is 201 Å². The summed E-state index contributed by atoms with van der Waals surface area (Å²) < 4.78 is 0. The van der Waals surface area contributed by atoms with Gasteiger partial charge in [-0.3, -0.25) is 0 Å². The van der Waals surface area contributed by atoms with E-state index >= 15 is 0 Å². The van der Waals surface area contributed by atoms with Gasteiger partial charge in [0.1, 0.15) is 0 Å². The normalized spacial score (nSPS) is 18.1. The second-order valence-corrected chi connectivity index (χ2v) is 19.5. The Bertz CT molecular complexity index is 2500. The Balaban J connectivity index is 1.26. The van der Waals surface area contributed by atoms with E-state index in [0.29, 0.717) is 0 Å². The van der Waals surface area contributed by atoms with Gasteiger partial charge in [0.15, 0.2) is 0 Å². The summed E-state index contributed by atoms with van der Waals surface area (Å²) in [6, 6.07) is 44.7. The van der Waals surface area contributed by atoms with Gasteiger partial charge in [0.25, 0.3) is 0 Å². The van der Waals surface area contributed by atoms with Crippen molar-refractivity contribution in [1.82, 2.24) is 0 Å². The smallest absolute Gasteiger partial charge is 0.0545 e. The van der Waals surface area contributed by atoms with Gasteiger partial charge in [0.05, 0.1) is 17.1 Å². The van der Waals surface area contributed by atoms with E-state index in [9.17, 15) is 0 Å². The second kappa shape index (κ2) is 10.4. The Hall–Kier alpha value is -5.08. The molecule has 6 aromatic rings. The fourth-order valence-electron chi connectivity index (χ4n) is 10.7. The molecule has 10 rings (SSSR count). The lowest BCUT2D eigenvalue weighted by Gasteiger charge is -2.55. The van der Waals surface area contributed by atoms with Gasteiger partial charge in [-0.15, -0.1) is 0 Å². The van der Waals surface area contributed by atoms with Gasteiger partial charge >= 0.3 is 0 Å². The summed E-state index contributed by atoms with van der Waals surface area (Å²) in [4.78, 5) is 5.20. The molecule has 2 heteroatoms. The standard InChI is InChI=1S/C52H52N2/c1-48(2,3)31-22-24-32(25-23-31)53(33-26-27-36-35-16-12-13-17-37(35)49(4,5)42(36)28-33)34-29-43-47-44(30-34)52(10,11)41-21-15-19-39-46(41)54(47)45-38(50(39,6)7)18-14-20-40(45)51(43,8)9/h12-30H,1-11H3. The van der Waals surface area contributed by atoms with Crippen LogP contribution < -0.4 is 9.80 Å². The molecule has 0 fully saturated rings. The minimum absolute atomic E-state index is 0.0677. The van der Waals surface area contributed by atoms with Crippen LogP contribution in [0.15, 0.2) is 115 Å². The van der Waals surface area contributed by atoms with Crippen LogP contribution in [0.5, 0.6) is 0 Å². The molecule has 1 aliphatic carbocycles. The molecule has 0 bridgehead atoms. The molecule has 6 aromatic carbocycles. The first-order chi connectivity index (χ1) is 25.4. The van der Waals surface area contributed by atoms with Crippen LogP contribution in [0, 0.1) is 0 Å². The number of hydrogen-bond donors (Lipinski definition) is 0. The van der Waals surface area contributed by atoms with Crippen molar-refractivity contribution in [2.24, 2.45) is 0 Å². The number of rotatable bonds is 3. The molecule has 4 aliphatic rings. The summed E-state index contributed by atoms with van der Waals surface area (Å²) in [7, 11) is 0. The maximum Gasteiger partial charge on any atom is 0.0545 e. The largest absolute Gasteiger partial charge is 0.310 e. The van der Waals surface area contributed by atoms with Crippen LogP contribution >= 0.6 is 0 Å². The van der Waals surface area contributed by atoms with Crippen LogP contribution in [0.2, 0.25) is 0 Å². The molecule has 0 saturated heterocycles. The lowest BCUT2D eigenvalue weighted by Crippen LogP contribution is -2.43. The summed E-state index contributed by atoms with van der Waals surface area (Å²) in [6.45, 7) is 26.3. The second-order valence-electron chi connectivity index (χ2n) is 19.5. The summed E-state index contributed by atoms with van der Waals surface area (Å²) in [5.74, 6) is 0. The quantitative estimate of drug-likeness (QED) is 0.181. The molecule has 0 unspecified atom stereocenters. The van der Waals surface area contributed by atoms with Gasteiger partial charge in [-0.05, 0) is 103 Å². The van der Waals surface area contributed by atoms with Gasteiger partial charge in [0.2, 0.25) is 0 Å². The third kappa shape index (κ3) is 4.12. The molecule has 270 valence electrons. The molecule has 0 aromatic heterocycles. The van der Waals surface area contributed by atoms with Gasteiger partial charge in [-0.25, -0.2) is 0 Å². The minimum atomic E-state index is -0.221. The number of para-hydroxylation sites is 2. The fourth-order valence-corrected chi connectivity index (χ4v) is 10.7. The highest BCUT2D eigenvalue weighted by molar-refractivity contribution is 5.99. The number of benzene rings is 6. The van der Waals surface area contributed by atoms with Crippen molar-refractivity contribution in [3.8, 4) is 11.1 Å². The first kappa shape index (κ1) is 33.5. The van der Waals surface area contributed by atoms with Crippen LogP contribution in [0.3, 0.4) is 0 Å². The van der Waals surface area contributed by atoms with Gasteiger partial charge < -0.3 is 9.80 Å². The van der Waals surface area contributed by atoms with Crippen molar-refractivity contribution >= 4 is 34.1 Å². The number of fused-ring (bicyclic) bond motifs is 3. The van der Waals surface area contributed by atoms with Crippen molar-refractivity contribution in [2.45, 2.75) is 103 Å². The number of hydrogen-bond acceptors (Lipinski definition) is 2. The highest BCUT2D eigenvalue weighted by Crippen LogP contribution is 2.66. The van der Waals surface area contributed by atoms with E-state index < -0.39 is 0 Å². The maximum atomic E-state index is 2.67. The van der Waals surface area contributed by atoms with E-state index in [1.54, 1.807) is 0 Å². The van der Waals surface area contributed by atoms with Crippen molar-refractivity contribution in [3.05, 3.63) is 165 Å². The van der Waals surface area contributed by atoms with E-state index in [0.717, 1.165) is 0 Å². The zero-order valence-corrected chi connectivity index (χ0v) is 33.9. The molecule has 0 saturated carbocycles. The van der Waals surface area contributed by atoms with E-state index in [1.165, 1.54) is 95.3 Å². The van der Waals surface area contributed by atoms with Crippen molar-refractivity contribution < 1.29 is 0 Å². The molecule has 0 radical (unpaired) electrons. The highest BCUT2D eigenvalue weighted by Gasteiger charge is 2.52. The number of anilines is 6. The monoisotopic (exact) mass is 704 g/mol. The van der Waals surface area contributed by atoms with Crippen LogP contribution in [0.1, 0.15) is 126 Å². The van der Waals surface area contributed by atoms with Crippen LogP contribution in [0.25, 0.3) is 11.1 Å². The molecule has 2 nitrogen and oxygen atoms in total. The molecule has 0 amide bonds. The maximum absolute atomic E-state index is 2.67. The summed E-state index contributed by atoms with van der Waals surface area (Å²) in [6.07, 6.45) is 0. The van der Waals surface area contributed by atoms with E-state index in [-0.39, 0.29) is 27.1 Å².